The van der Waals surface area contributed by atoms with Crippen molar-refractivity contribution in [3.63, 3.8) is 0 Å². The van der Waals surface area contributed by atoms with E-state index in [1.165, 1.54) is 17.0 Å². The minimum absolute atomic E-state index is 0.0319. The maximum Gasteiger partial charge on any atom is 0.264 e. The third-order valence-electron chi connectivity index (χ3n) is 6.84. The van der Waals surface area contributed by atoms with Crippen LogP contribution in [0.4, 0.5) is 10.1 Å². The van der Waals surface area contributed by atoms with Gasteiger partial charge in [0.25, 0.3) is 10.0 Å². The number of ether oxygens (including phenoxy) is 1. The first-order valence-corrected chi connectivity index (χ1v) is 16.2. The Labute approximate surface area is 262 Å². The average molecular weight is 653 g/mol. The second kappa shape index (κ2) is 15.4. The number of nitrogens with one attached hydrogen (secondary N) is 1. The summed E-state index contributed by atoms with van der Waals surface area (Å²) in [6.45, 7) is 7.13. The molecule has 0 fully saturated rings. The lowest BCUT2D eigenvalue weighted by molar-refractivity contribution is -0.140. The van der Waals surface area contributed by atoms with Crippen molar-refractivity contribution in [2.45, 2.75) is 64.1 Å². The fraction of sp³-hybridized carbons (Fsp3) is 0.355. The van der Waals surface area contributed by atoms with Gasteiger partial charge in [-0.1, -0.05) is 43.1 Å². The quantitative estimate of drug-likeness (QED) is 0.216. The molecule has 0 aliphatic rings. The molecule has 8 nitrogen and oxygen atoms in total. The number of nitrogens with zero attached hydrogens (tertiary/aromatic N) is 2. The van der Waals surface area contributed by atoms with E-state index in [0.717, 1.165) is 28.6 Å². The lowest BCUT2D eigenvalue weighted by Crippen LogP contribution is -2.53. The first kappa shape index (κ1) is 34.2. The molecule has 0 aromatic heterocycles. The largest absolute Gasteiger partial charge is 0.494 e. The van der Waals surface area contributed by atoms with Crippen LogP contribution in [0.15, 0.2) is 71.6 Å². The van der Waals surface area contributed by atoms with Crippen molar-refractivity contribution in [3.8, 4) is 5.75 Å². The highest BCUT2D eigenvalue weighted by atomic mass is 35.5. The summed E-state index contributed by atoms with van der Waals surface area (Å²) in [7, 11) is -4.35. The number of anilines is 1. The minimum atomic E-state index is -4.35. The molecular formula is C31H36Cl2FN3O5S. The van der Waals surface area contributed by atoms with E-state index in [0.29, 0.717) is 29.4 Å². The molecule has 3 rings (SSSR count). The van der Waals surface area contributed by atoms with Crippen LogP contribution in [0.25, 0.3) is 0 Å². The van der Waals surface area contributed by atoms with Gasteiger partial charge in [0.2, 0.25) is 11.8 Å². The van der Waals surface area contributed by atoms with Crippen LogP contribution in [0.3, 0.4) is 0 Å². The van der Waals surface area contributed by atoms with Crippen LogP contribution >= 0.6 is 23.2 Å². The smallest absolute Gasteiger partial charge is 0.264 e. The molecule has 0 aliphatic heterocycles. The Morgan fingerprint density at radius 1 is 0.930 bits per heavy atom. The van der Waals surface area contributed by atoms with Crippen LogP contribution in [-0.4, -0.2) is 50.4 Å². The number of benzene rings is 3. The fourth-order valence-electron chi connectivity index (χ4n) is 4.33. The zero-order chi connectivity index (χ0) is 31.7. The van der Waals surface area contributed by atoms with Crippen molar-refractivity contribution in [1.82, 2.24) is 10.2 Å². The summed E-state index contributed by atoms with van der Waals surface area (Å²) in [6, 6.07) is 14.4. The molecule has 0 saturated heterocycles. The van der Waals surface area contributed by atoms with Gasteiger partial charge in [0, 0.05) is 12.6 Å². The van der Waals surface area contributed by atoms with Crippen molar-refractivity contribution in [3.05, 3.63) is 88.2 Å². The maximum absolute atomic E-state index is 14.1. The van der Waals surface area contributed by atoms with E-state index >= 15 is 0 Å². The second-order valence-electron chi connectivity index (χ2n) is 9.90. The molecule has 0 radical (unpaired) electrons. The number of amides is 2. The topological polar surface area (TPSA) is 96.0 Å². The first-order valence-electron chi connectivity index (χ1n) is 14.0. The molecule has 1 N–H and O–H groups in total. The molecule has 0 spiro atoms. The summed E-state index contributed by atoms with van der Waals surface area (Å²) in [4.78, 5) is 28.7. The molecule has 0 saturated carbocycles. The summed E-state index contributed by atoms with van der Waals surface area (Å²) in [5.41, 5.74) is 0.791. The van der Waals surface area contributed by atoms with E-state index in [1.54, 1.807) is 37.3 Å². The van der Waals surface area contributed by atoms with Gasteiger partial charge in [-0.25, -0.2) is 12.8 Å². The van der Waals surface area contributed by atoms with Crippen LogP contribution in [0.5, 0.6) is 5.75 Å². The Morgan fingerprint density at radius 2 is 1.58 bits per heavy atom. The third kappa shape index (κ3) is 8.84. The van der Waals surface area contributed by atoms with Crippen molar-refractivity contribution >= 4 is 50.7 Å². The van der Waals surface area contributed by atoms with E-state index in [4.69, 9.17) is 27.9 Å². The van der Waals surface area contributed by atoms with Gasteiger partial charge in [0.15, 0.2) is 0 Å². The fourth-order valence-corrected chi connectivity index (χ4v) is 6.07. The molecule has 43 heavy (non-hydrogen) atoms. The number of carbonyl (C=O) groups is 2. The summed E-state index contributed by atoms with van der Waals surface area (Å²) in [5.74, 6) is -1.07. The van der Waals surface area contributed by atoms with Gasteiger partial charge >= 0.3 is 0 Å². The highest BCUT2D eigenvalue weighted by molar-refractivity contribution is 7.92. The molecule has 0 aliphatic carbocycles. The minimum Gasteiger partial charge on any atom is -0.494 e. The van der Waals surface area contributed by atoms with Gasteiger partial charge in [0.1, 0.15) is 24.2 Å². The van der Waals surface area contributed by atoms with Gasteiger partial charge in [-0.2, -0.15) is 0 Å². The lowest BCUT2D eigenvalue weighted by atomic mass is 10.1. The molecule has 2 atom stereocenters. The standard InChI is InChI=1S/C31H36Cl2FN3O5S/c1-5-21(4)35-31(39)29(6-2)36(19-22-8-17-27(32)28(33)18-22)30(38)20-37(24-11-13-25(14-12-24)42-7-3)43(40,41)26-15-9-23(34)10-16-26/h8-18,21,29H,5-7,19-20H2,1-4H3,(H,35,39)/t21-,29+/m1/s1. The zero-order valence-electron chi connectivity index (χ0n) is 24.5. The Morgan fingerprint density at radius 3 is 2.14 bits per heavy atom. The van der Waals surface area contributed by atoms with E-state index < -0.39 is 34.3 Å². The average Bonchev–Trinajstić information content (AvgIpc) is 2.98. The summed E-state index contributed by atoms with van der Waals surface area (Å²) in [5, 5.41) is 3.53. The number of sulfonamides is 1. The monoisotopic (exact) mass is 651 g/mol. The van der Waals surface area contributed by atoms with Gasteiger partial charge in [-0.15, -0.1) is 0 Å². The number of hydrogen-bond donors (Lipinski definition) is 1. The first-order chi connectivity index (χ1) is 20.4. The molecule has 0 heterocycles. The van der Waals surface area contributed by atoms with E-state index in [-0.39, 0.29) is 40.5 Å². The van der Waals surface area contributed by atoms with E-state index in [9.17, 15) is 22.4 Å². The number of carbonyl (C=O) groups excluding carboxylic acids is 2. The number of halogens is 3. The van der Waals surface area contributed by atoms with Gasteiger partial charge in [-0.3, -0.25) is 13.9 Å². The van der Waals surface area contributed by atoms with Crippen LogP contribution in [0.1, 0.15) is 46.1 Å². The third-order valence-corrected chi connectivity index (χ3v) is 9.37. The predicted molar refractivity (Wildman–Crippen MR) is 168 cm³/mol. The lowest BCUT2D eigenvalue weighted by Gasteiger charge is -2.33. The molecule has 0 unspecified atom stereocenters. The zero-order valence-corrected chi connectivity index (χ0v) is 26.8. The second-order valence-corrected chi connectivity index (χ2v) is 12.6. The van der Waals surface area contributed by atoms with Gasteiger partial charge < -0.3 is 15.0 Å². The Balaban J connectivity index is 2.08. The van der Waals surface area contributed by atoms with Gasteiger partial charge in [-0.05, 0) is 92.9 Å². The van der Waals surface area contributed by atoms with Gasteiger partial charge in [0.05, 0.1) is 27.2 Å². The maximum atomic E-state index is 14.1. The molecule has 12 heteroatoms. The van der Waals surface area contributed by atoms with Crippen LogP contribution in [-0.2, 0) is 26.2 Å². The Bertz CT molecular complexity index is 1500. The van der Waals surface area contributed by atoms with Crippen molar-refractivity contribution in [2.24, 2.45) is 0 Å². The normalized spacial score (nSPS) is 12.7. The molecule has 232 valence electrons. The molecule has 3 aromatic rings. The van der Waals surface area contributed by atoms with Crippen LogP contribution in [0, 0.1) is 5.82 Å². The highest BCUT2D eigenvalue weighted by Crippen LogP contribution is 2.28. The highest BCUT2D eigenvalue weighted by Gasteiger charge is 2.34. The van der Waals surface area contributed by atoms with Crippen LogP contribution in [0.2, 0.25) is 10.0 Å². The van der Waals surface area contributed by atoms with E-state index in [1.807, 2.05) is 20.8 Å². The molecule has 0 bridgehead atoms. The Kier molecular flexibility index (Phi) is 12.2. The van der Waals surface area contributed by atoms with Crippen molar-refractivity contribution in [1.29, 1.82) is 0 Å². The number of hydrogen-bond acceptors (Lipinski definition) is 5. The predicted octanol–water partition coefficient (Wildman–Crippen LogP) is 6.45. The van der Waals surface area contributed by atoms with Crippen molar-refractivity contribution in [2.75, 3.05) is 17.5 Å². The Hall–Kier alpha value is -3.34. The SMILES string of the molecule is CCOc1ccc(N(CC(=O)N(Cc2ccc(Cl)c(Cl)c2)[C@@H](CC)C(=O)N[C@H](C)CC)S(=O)(=O)c2ccc(F)cc2)cc1. The molecular weight excluding hydrogens is 616 g/mol. The summed E-state index contributed by atoms with van der Waals surface area (Å²) < 4.78 is 47.9. The van der Waals surface area contributed by atoms with Crippen molar-refractivity contribution < 1.29 is 27.1 Å². The molecule has 2 amide bonds. The number of rotatable bonds is 14. The summed E-state index contributed by atoms with van der Waals surface area (Å²) in [6.07, 6.45) is 0.952. The molecule has 3 aromatic carbocycles. The summed E-state index contributed by atoms with van der Waals surface area (Å²) >= 11 is 12.3. The van der Waals surface area contributed by atoms with E-state index in [2.05, 4.69) is 5.32 Å². The van der Waals surface area contributed by atoms with Crippen LogP contribution < -0.4 is 14.4 Å².